The summed E-state index contributed by atoms with van der Waals surface area (Å²) in [5, 5.41) is 3.48. The first kappa shape index (κ1) is 21.8. The maximum Gasteiger partial charge on any atom is 0.222 e. The van der Waals surface area contributed by atoms with Crippen molar-refractivity contribution in [2.24, 2.45) is 0 Å². The highest BCUT2D eigenvalue weighted by molar-refractivity contribution is 5.79. The van der Waals surface area contributed by atoms with Gasteiger partial charge in [-0.05, 0) is 49.9 Å². The van der Waals surface area contributed by atoms with Crippen molar-refractivity contribution in [1.82, 2.24) is 10.2 Å². The third-order valence-corrected chi connectivity index (χ3v) is 6.71. The van der Waals surface area contributed by atoms with Crippen molar-refractivity contribution < 1.29 is 14.3 Å². The van der Waals surface area contributed by atoms with Crippen LogP contribution in [0.4, 0.5) is 0 Å². The van der Waals surface area contributed by atoms with E-state index in [1.807, 2.05) is 30.3 Å². The largest absolute Gasteiger partial charge is 0.492 e. The van der Waals surface area contributed by atoms with Gasteiger partial charge in [-0.2, -0.15) is 0 Å². The molecule has 2 aliphatic rings. The lowest BCUT2D eigenvalue weighted by Crippen LogP contribution is -2.48. The summed E-state index contributed by atoms with van der Waals surface area (Å²) in [5.41, 5.74) is 1.35. The molecule has 2 aliphatic heterocycles. The predicted molar refractivity (Wildman–Crippen MR) is 122 cm³/mol. The fraction of sp³-hybridized carbons (Fsp3) is 0.500. The smallest absolute Gasteiger partial charge is 0.222 e. The lowest BCUT2D eigenvalue weighted by Gasteiger charge is -2.42. The molecular weight excluding hydrogens is 388 g/mol. The SMILES string of the molecule is O=C1CC[C@@H](CCNCCOc2ccccc2)N1CC1(c2ccccc2)CCOCC1. The summed E-state index contributed by atoms with van der Waals surface area (Å²) in [5.74, 6) is 1.21. The summed E-state index contributed by atoms with van der Waals surface area (Å²) in [4.78, 5) is 14.9. The van der Waals surface area contributed by atoms with Crippen molar-refractivity contribution in [3.05, 3.63) is 66.2 Å². The molecule has 0 aromatic heterocycles. The van der Waals surface area contributed by atoms with Crippen LogP contribution < -0.4 is 10.1 Å². The zero-order chi connectivity index (χ0) is 21.4. The number of rotatable bonds is 10. The lowest BCUT2D eigenvalue weighted by atomic mass is 9.73. The van der Waals surface area contributed by atoms with E-state index in [-0.39, 0.29) is 5.41 Å². The first-order chi connectivity index (χ1) is 15.3. The molecule has 166 valence electrons. The zero-order valence-corrected chi connectivity index (χ0v) is 18.3. The number of nitrogens with one attached hydrogen (secondary N) is 1. The molecule has 0 bridgehead atoms. The Hall–Kier alpha value is -2.37. The van der Waals surface area contributed by atoms with E-state index in [1.165, 1.54) is 5.56 Å². The molecule has 4 rings (SSSR count). The minimum Gasteiger partial charge on any atom is -0.492 e. The van der Waals surface area contributed by atoms with Crippen molar-refractivity contribution >= 4 is 5.91 Å². The molecule has 5 nitrogen and oxygen atoms in total. The third kappa shape index (κ3) is 5.66. The highest BCUT2D eigenvalue weighted by Gasteiger charge is 2.41. The Morgan fingerprint density at radius 1 is 1.00 bits per heavy atom. The van der Waals surface area contributed by atoms with Crippen LogP contribution in [0, 0.1) is 0 Å². The number of hydrogen-bond acceptors (Lipinski definition) is 4. The van der Waals surface area contributed by atoms with E-state index < -0.39 is 0 Å². The molecule has 2 fully saturated rings. The van der Waals surface area contributed by atoms with E-state index in [2.05, 4.69) is 40.5 Å². The van der Waals surface area contributed by atoms with Crippen LogP contribution >= 0.6 is 0 Å². The van der Waals surface area contributed by atoms with Gasteiger partial charge in [-0.15, -0.1) is 0 Å². The number of hydrogen-bond donors (Lipinski definition) is 1. The molecule has 2 aromatic rings. The first-order valence-electron chi connectivity index (χ1n) is 11.6. The second-order valence-corrected chi connectivity index (χ2v) is 8.67. The number of benzene rings is 2. The average Bonchev–Trinajstić information content (AvgIpc) is 3.17. The predicted octanol–water partition coefficient (Wildman–Crippen LogP) is 3.78. The Balaban J connectivity index is 1.29. The van der Waals surface area contributed by atoms with Gasteiger partial charge in [0.05, 0.1) is 0 Å². The van der Waals surface area contributed by atoms with Crippen molar-refractivity contribution in [3.8, 4) is 5.75 Å². The van der Waals surface area contributed by atoms with E-state index in [1.54, 1.807) is 0 Å². The highest BCUT2D eigenvalue weighted by Crippen LogP contribution is 2.38. The van der Waals surface area contributed by atoms with E-state index >= 15 is 0 Å². The molecule has 0 radical (unpaired) electrons. The Morgan fingerprint density at radius 2 is 1.71 bits per heavy atom. The summed E-state index contributed by atoms with van der Waals surface area (Å²) >= 11 is 0. The van der Waals surface area contributed by atoms with Crippen molar-refractivity contribution in [2.45, 2.75) is 43.6 Å². The summed E-state index contributed by atoms with van der Waals surface area (Å²) in [6.07, 6.45) is 4.56. The quantitative estimate of drug-likeness (QED) is 0.592. The molecule has 0 saturated carbocycles. The number of para-hydroxylation sites is 1. The van der Waals surface area contributed by atoms with Gasteiger partial charge in [0, 0.05) is 44.2 Å². The van der Waals surface area contributed by atoms with Gasteiger partial charge in [0.2, 0.25) is 5.91 Å². The molecule has 0 aliphatic carbocycles. The van der Waals surface area contributed by atoms with Gasteiger partial charge in [-0.1, -0.05) is 48.5 Å². The van der Waals surface area contributed by atoms with Gasteiger partial charge in [0.1, 0.15) is 12.4 Å². The molecule has 2 saturated heterocycles. The molecule has 1 amide bonds. The second-order valence-electron chi connectivity index (χ2n) is 8.67. The van der Waals surface area contributed by atoms with Crippen LogP contribution in [0.15, 0.2) is 60.7 Å². The van der Waals surface area contributed by atoms with Gasteiger partial charge in [0.15, 0.2) is 0 Å². The van der Waals surface area contributed by atoms with Crippen LogP contribution in [0.25, 0.3) is 0 Å². The fourth-order valence-electron chi connectivity index (χ4n) is 4.88. The van der Waals surface area contributed by atoms with Crippen LogP contribution in [-0.4, -0.2) is 56.3 Å². The number of carbonyl (C=O) groups excluding carboxylic acids is 1. The molecule has 31 heavy (non-hydrogen) atoms. The van der Waals surface area contributed by atoms with E-state index in [4.69, 9.17) is 9.47 Å². The molecule has 2 aromatic carbocycles. The monoisotopic (exact) mass is 422 g/mol. The normalized spacial score (nSPS) is 20.7. The molecule has 1 N–H and O–H groups in total. The van der Waals surface area contributed by atoms with E-state index in [0.717, 1.165) is 64.3 Å². The Kier molecular flexibility index (Phi) is 7.60. The van der Waals surface area contributed by atoms with Gasteiger partial charge in [-0.25, -0.2) is 0 Å². The Bertz CT molecular complexity index is 806. The molecule has 5 heteroatoms. The summed E-state index contributed by atoms with van der Waals surface area (Å²) < 4.78 is 11.4. The Labute approximate surface area is 185 Å². The van der Waals surface area contributed by atoms with Gasteiger partial charge >= 0.3 is 0 Å². The Morgan fingerprint density at radius 3 is 2.45 bits per heavy atom. The summed E-state index contributed by atoms with van der Waals surface area (Å²) in [6, 6.07) is 20.9. The van der Waals surface area contributed by atoms with Gasteiger partial charge < -0.3 is 19.7 Å². The fourth-order valence-corrected chi connectivity index (χ4v) is 4.88. The number of likely N-dealkylation sites (tertiary alicyclic amines) is 1. The van der Waals surface area contributed by atoms with Crippen LogP contribution in [-0.2, 0) is 14.9 Å². The number of ether oxygens (including phenoxy) is 2. The van der Waals surface area contributed by atoms with Crippen LogP contribution in [0.5, 0.6) is 5.75 Å². The van der Waals surface area contributed by atoms with Crippen LogP contribution in [0.2, 0.25) is 0 Å². The van der Waals surface area contributed by atoms with Crippen LogP contribution in [0.3, 0.4) is 0 Å². The number of nitrogens with zero attached hydrogens (tertiary/aromatic N) is 1. The molecule has 0 spiro atoms. The van der Waals surface area contributed by atoms with Crippen LogP contribution in [0.1, 0.15) is 37.7 Å². The maximum absolute atomic E-state index is 12.8. The molecule has 2 heterocycles. The number of amides is 1. The van der Waals surface area contributed by atoms with E-state index in [0.29, 0.717) is 25.0 Å². The number of carbonyl (C=O) groups is 1. The van der Waals surface area contributed by atoms with Crippen molar-refractivity contribution in [3.63, 3.8) is 0 Å². The summed E-state index contributed by atoms with van der Waals surface area (Å²) in [7, 11) is 0. The minimum atomic E-state index is 0.00864. The molecular formula is C26H34N2O3. The minimum absolute atomic E-state index is 0.00864. The standard InChI is InChI=1S/C26H34N2O3/c29-25-12-11-23(13-16-27-17-20-31-24-9-5-2-6-10-24)28(25)21-26(14-18-30-19-15-26)22-7-3-1-4-8-22/h1-10,23,27H,11-21H2/t23-/m0/s1. The van der Waals surface area contributed by atoms with Gasteiger partial charge in [0.25, 0.3) is 0 Å². The topological polar surface area (TPSA) is 50.8 Å². The summed E-state index contributed by atoms with van der Waals surface area (Å²) in [6.45, 7) is 4.69. The van der Waals surface area contributed by atoms with Gasteiger partial charge in [-0.3, -0.25) is 4.79 Å². The maximum atomic E-state index is 12.8. The average molecular weight is 423 g/mol. The molecule has 1 atom stereocenters. The van der Waals surface area contributed by atoms with E-state index in [9.17, 15) is 4.79 Å². The first-order valence-corrected chi connectivity index (χ1v) is 11.6. The second kappa shape index (κ2) is 10.8. The highest BCUT2D eigenvalue weighted by atomic mass is 16.5. The zero-order valence-electron chi connectivity index (χ0n) is 18.3. The molecule has 0 unspecified atom stereocenters. The third-order valence-electron chi connectivity index (χ3n) is 6.71. The van der Waals surface area contributed by atoms with Crippen molar-refractivity contribution in [1.29, 1.82) is 0 Å². The lowest BCUT2D eigenvalue weighted by molar-refractivity contribution is -0.130. The van der Waals surface area contributed by atoms with Crippen molar-refractivity contribution in [2.75, 3.05) is 39.5 Å².